The van der Waals surface area contributed by atoms with Gasteiger partial charge in [0.05, 0.1) is 19.3 Å². The van der Waals surface area contributed by atoms with Crippen molar-refractivity contribution >= 4 is 5.97 Å². The van der Waals surface area contributed by atoms with Crippen LogP contribution in [0.3, 0.4) is 0 Å². The maximum absolute atomic E-state index is 11.8. The molecule has 0 spiro atoms. The molecule has 0 saturated heterocycles. The van der Waals surface area contributed by atoms with Crippen LogP contribution in [0.5, 0.6) is 0 Å². The van der Waals surface area contributed by atoms with Crippen LogP contribution in [0.2, 0.25) is 0 Å². The van der Waals surface area contributed by atoms with Gasteiger partial charge >= 0.3 is 5.97 Å². The van der Waals surface area contributed by atoms with Gasteiger partial charge in [0.2, 0.25) is 0 Å². The van der Waals surface area contributed by atoms with Gasteiger partial charge in [0, 0.05) is 19.8 Å². The van der Waals surface area contributed by atoms with Crippen molar-refractivity contribution in [3.63, 3.8) is 0 Å². The van der Waals surface area contributed by atoms with Crippen LogP contribution in [-0.2, 0) is 19.0 Å². The fourth-order valence-corrected chi connectivity index (χ4v) is 2.54. The van der Waals surface area contributed by atoms with E-state index in [4.69, 9.17) is 14.2 Å². The lowest BCUT2D eigenvalue weighted by Crippen LogP contribution is -2.63. The highest BCUT2D eigenvalue weighted by Crippen LogP contribution is 2.28. The summed E-state index contributed by atoms with van der Waals surface area (Å²) in [5, 5.41) is 3.35. The van der Waals surface area contributed by atoms with Crippen molar-refractivity contribution in [2.24, 2.45) is 5.92 Å². The lowest BCUT2D eigenvalue weighted by Gasteiger charge is -2.44. The van der Waals surface area contributed by atoms with Gasteiger partial charge in [-0.3, -0.25) is 10.1 Å². The predicted octanol–water partition coefficient (Wildman–Crippen LogP) is 1.36. The van der Waals surface area contributed by atoms with E-state index in [2.05, 4.69) is 19.2 Å². The molecule has 0 aromatic rings. The van der Waals surface area contributed by atoms with Crippen molar-refractivity contribution in [1.82, 2.24) is 5.32 Å². The van der Waals surface area contributed by atoms with E-state index >= 15 is 0 Å². The van der Waals surface area contributed by atoms with Gasteiger partial charge in [-0.1, -0.05) is 13.8 Å². The molecule has 0 aromatic carbocycles. The van der Waals surface area contributed by atoms with Crippen molar-refractivity contribution in [1.29, 1.82) is 0 Å². The van der Waals surface area contributed by atoms with E-state index in [-0.39, 0.29) is 30.3 Å². The number of ether oxygens (including phenoxy) is 3. The molecule has 112 valence electrons. The fraction of sp³-hybridized carbons (Fsp3) is 0.929. The maximum atomic E-state index is 11.8. The Morgan fingerprint density at radius 2 is 2.05 bits per heavy atom. The van der Waals surface area contributed by atoms with E-state index in [1.807, 2.05) is 6.92 Å². The standard InChI is InChI=1S/C14H27NO4/c1-6-19-12-8-10(13(12)17-4)15-11(7-9(2)3)14(16)18-5/h9-13,15H,6-8H2,1-5H3. The van der Waals surface area contributed by atoms with Gasteiger partial charge in [0.15, 0.2) is 0 Å². The van der Waals surface area contributed by atoms with Gasteiger partial charge in [-0.25, -0.2) is 0 Å². The van der Waals surface area contributed by atoms with Crippen molar-refractivity contribution < 1.29 is 19.0 Å². The highest BCUT2D eigenvalue weighted by molar-refractivity contribution is 5.75. The Balaban J connectivity index is 2.52. The number of esters is 1. The molecule has 0 radical (unpaired) electrons. The van der Waals surface area contributed by atoms with Crippen molar-refractivity contribution in [2.45, 2.75) is 57.9 Å². The number of nitrogens with one attached hydrogen (secondary N) is 1. The number of carbonyl (C=O) groups is 1. The van der Waals surface area contributed by atoms with Crippen LogP contribution in [0.15, 0.2) is 0 Å². The van der Waals surface area contributed by atoms with Crippen LogP contribution in [0.1, 0.15) is 33.6 Å². The monoisotopic (exact) mass is 273 g/mol. The minimum absolute atomic E-state index is 0.0132. The first-order valence-corrected chi connectivity index (χ1v) is 7.01. The zero-order valence-corrected chi connectivity index (χ0v) is 12.6. The smallest absolute Gasteiger partial charge is 0.322 e. The molecule has 1 rings (SSSR count). The van der Waals surface area contributed by atoms with Gasteiger partial charge in [0.1, 0.15) is 6.04 Å². The third kappa shape index (κ3) is 4.44. The van der Waals surface area contributed by atoms with Crippen LogP contribution in [-0.4, -0.2) is 51.1 Å². The fourth-order valence-electron chi connectivity index (χ4n) is 2.54. The highest BCUT2D eigenvalue weighted by atomic mass is 16.5. The average molecular weight is 273 g/mol. The molecule has 5 heteroatoms. The molecule has 1 fully saturated rings. The summed E-state index contributed by atoms with van der Waals surface area (Å²) in [6, 6.07) is -0.111. The molecule has 1 saturated carbocycles. The number of rotatable bonds is 8. The first-order valence-electron chi connectivity index (χ1n) is 7.01. The van der Waals surface area contributed by atoms with Gasteiger partial charge in [-0.15, -0.1) is 0 Å². The van der Waals surface area contributed by atoms with Crippen LogP contribution in [0.25, 0.3) is 0 Å². The minimum Gasteiger partial charge on any atom is -0.468 e. The molecule has 5 nitrogen and oxygen atoms in total. The van der Waals surface area contributed by atoms with E-state index in [0.717, 1.165) is 12.8 Å². The van der Waals surface area contributed by atoms with E-state index in [1.165, 1.54) is 7.11 Å². The molecule has 0 bridgehead atoms. The molecule has 1 aliphatic rings. The molecule has 1 N–H and O–H groups in total. The molecule has 0 aliphatic heterocycles. The van der Waals surface area contributed by atoms with Crippen LogP contribution in [0.4, 0.5) is 0 Å². The normalized spacial score (nSPS) is 28.0. The molecule has 19 heavy (non-hydrogen) atoms. The average Bonchev–Trinajstić information content (AvgIpc) is 2.35. The molecule has 0 amide bonds. The molecule has 0 heterocycles. The summed E-state index contributed by atoms with van der Waals surface area (Å²) in [5.74, 6) is 0.226. The van der Waals surface area contributed by atoms with E-state index in [9.17, 15) is 4.79 Å². The molecule has 4 atom stereocenters. The third-order valence-electron chi connectivity index (χ3n) is 3.51. The van der Waals surface area contributed by atoms with Gasteiger partial charge in [0.25, 0.3) is 0 Å². The van der Waals surface area contributed by atoms with Crippen molar-refractivity contribution in [3.8, 4) is 0 Å². The van der Waals surface area contributed by atoms with Gasteiger partial charge in [-0.05, 0) is 25.7 Å². The Bertz CT molecular complexity index is 283. The first kappa shape index (κ1) is 16.4. The second-order valence-electron chi connectivity index (χ2n) is 5.41. The summed E-state index contributed by atoms with van der Waals surface area (Å²) < 4.78 is 15.9. The number of hydrogen-bond acceptors (Lipinski definition) is 5. The summed E-state index contributed by atoms with van der Waals surface area (Å²) in [5.41, 5.74) is 0. The maximum Gasteiger partial charge on any atom is 0.322 e. The predicted molar refractivity (Wildman–Crippen MR) is 73.0 cm³/mol. The SMILES string of the molecule is CCOC1CC(NC(CC(C)C)C(=O)OC)C1OC. The lowest BCUT2D eigenvalue weighted by atomic mass is 9.84. The Hall–Kier alpha value is -0.650. The molecular weight excluding hydrogens is 246 g/mol. The lowest BCUT2D eigenvalue weighted by molar-refractivity contribution is -0.150. The summed E-state index contributed by atoms with van der Waals surface area (Å²) >= 11 is 0. The third-order valence-corrected chi connectivity index (χ3v) is 3.51. The largest absolute Gasteiger partial charge is 0.468 e. The molecule has 0 aromatic heterocycles. The van der Waals surface area contributed by atoms with Crippen molar-refractivity contribution in [3.05, 3.63) is 0 Å². The van der Waals surface area contributed by atoms with E-state index in [1.54, 1.807) is 7.11 Å². The molecule has 4 unspecified atom stereocenters. The Kier molecular flexibility index (Phi) is 6.75. The summed E-state index contributed by atoms with van der Waals surface area (Å²) in [4.78, 5) is 11.8. The number of carbonyl (C=O) groups excluding carboxylic acids is 1. The van der Waals surface area contributed by atoms with Gasteiger partial charge in [-0.2, -0.15) is 0 Å². The molecular formula is C14H27NO4. The quantitative estimate of drug-likeness (QED) is 0.677. The van der Waals surface area contributed by atoms with Crippen LogP contribution in [0, 0.1) is 5.92 Å². The second-order valence-corrected chi connectivity index (χ2v) is 5.41. The summed E-state index contributed by atoms with van der Waals surface area (Å²) in [7, 11) is 3.11. The van der Waals surface area contributed by atoms with Crippen molar-refractivity contribution in [2.75, 3.05) is 20.8 Å². The Labute approximate surface area is 116 Å². The molecule has 1 aliphatic carbocycles. The minimum atomic E-state index is -0.268. The topological polar surface area (TPSA) is 56.8 Å². The summed E-state index contributed by atoms with van der Waals surface area (Å²) in [6.07, 6.45) is 1.78. The Morgan fingerprint density at radius 1 is 1.37 bits per heavy atom. The van der Waals surface area contributed by atoms with Crippen LogP contribution < -0.4 is 5.32 Å². The summed E-state index contributed by atoms with van der Waals surface area (Å²) in [6.45, 7) is 6.84. The second kappa shape index (κ2) is 7.82. The number of methoxy groups -OCH3 is 2. The first-order chi connectivity index (χ1) is 9.03. The van der Waals surface area contributed by atoms with Crippen LogP contribution >= 0.6 is 0 Å². The Morgan fingerprint density at radius 3 is 2.53 bits per heavy atom. The highest BCUT2D eigenvalue weighted by Gasteiger charge is 2.43. The van der Waals surface area contributed by atoms with E-state index in [0.29, 0.717) is 12.5 Å². The van der Waals surface area contributed by atoms with E-state index < -0.39 is 0 Å². The zero-order chi connectivity index (χ0) is 14.4. The number of hydrogen-bond donors (Lipinski definition) is 1. The zero-order valence-electron chi connectivity index (χ0n) is 12.6. The van der Waals surface area contributed by atoms with Gasteiger partial charge < -0.3 is 14.2 Å².